The van der Waals surface area contributed by atoms with Crippen LogP contribution in [0.3, 0.4) is 0 Å². The molecule has 3 N–H and O–H groups in total. The molecule has 0 bridgehead atoms. The van der Waals surface area contributed by atoms with E-state index in [-0.39, 0.29) is 0 Å². The Morgan fingerprint density at radius 3 is 2.82 bits per heavy atom. The molecule has 0 saturated heterocycles. The molecular formula is C12H15N5. The third-order valence-corrected chi connectivity index (χ3v) is 2.29. The predicted octanol–water partition coefficient (Wildman–Crippen LogP) is 0.786. The van der Waals surface area contributed by atoms with Crippen LogP contribution >= 0.6 is 0 Å². The van der Waals surface area contributed by atoms with E-state index in [4.69, 9.17) is 5.73 Å². The number of hydrogen-bond acceptors (Lipinski definition) is 5. The second-order valence-electron chi connectivity index (χ2n) is 3.65. The molecule has 17 heavy (non-hydrogen) atoms. The zero-order chi connectivity index (χ0) is 11.9. The fraction of sp³-hybridized carbons (Fsp3) is 0.250. The van der Waals surface area contributed by atoms with Crippen molar-refractivity contribution in [3.05, 3.63) is 48.2 Å². The van der Waals surface area contributed by atoms with Crippen LogP contribution in [0.25, 0.3) is 0 Å². The second kappa shape index (κ2) is 5.91. The van der Waals surface area contributed by atoms with Crippen LogP contribution in [0.5, 0.6) is 0 Å². The van der Waals surface area contributed by atoms with Crippen molar-refractivity contribution in [2.24, 2.45) is 0 Å². The Balaban J connectivity index is 1.73. The summed E-state index contributed by atoms with van der Waals surface area (Å²) in [6.07, 6.45) is 4.36. The van der Waals surface area contributed by atoms with Crippen molar-refractivity contribution in [1.82, 2.24) is 20.3 Å². The molecule has 0 aliphatic rings. The summed E-state index contributed by atoms with van der Waals surface area (Å²) < 4.78 is 0. The molecule has 0 atom stereocenters. The molecule has 2 aromatic rings. The summed E-state index contributed by atoms with van der Waals surface area (Å²) in [4.78, 5) is 12.5. The SMILES string of the molecule is Nc1ccnc(CNCCc2ccccn2)n1. The van der Waals surface area contributed by atoms with Crippen LogP contribution in [0.2, 0.25) is 0 Å². The van der Waals surface area contributed by atoms with Gasteiger partial charge in [0.25, 0.3) is 0 Å². The Bertz CT molecular complexity index is 457. The van der Waals surface area contributed by atoms with E-state index in [2.05, 4.69) is 20.3 Å². The van der Waals surface area contributed by atoms with Crippen molar-refractivity contribution < 1.29 is 0 Å². The number of nitrogens with one attached hydrogen (secondary N) is 1. The van der Waals surface area contributed by atoms with Gasteiger partial charge in [-0.05, 0) is 18.2 Å². The second-order valence-corrected chi connectivity index (χ2v) is 3.65. The zero-order valence-electron chi connectivity index (χ0n) is 9.50. The highest BCUT2D eigenvalue weighted by molar-refractivity contribution is 5.24. The van der Waals surface area contributed by atoms with Gasteiger partial charge in [-0.15, -0.1) is 0 Å². The van der Waals surface area contributed by atoms with Crippen LogP contribution in [0.15, 0.2) is 36.7 Å². The Kier molecular flexibility index (Phi) is 3.99. The highest BCUT2D eigenvalue weighted by Crippen LogP contribution is 1.96. The number of aromatic nitrogens is 3. The first kappa shape index (κ1) is 11.5. The normalized spacial score (nSPS) is 10.4. The van der Waals surface area contributed by atoms with E-state index in [1.807, 2.05) is 18.2 Å². The van der Waals surface area contributed by atoms with Gasteiger partial charge in [0.1, 0.15) is 11.6 Å². The average molecular weight is 229 g/mol. The fourth-order valence-electron chi connectivity index (χ4n) is 1.46. The third kappa shape index (κ3) is 3.81. The van der Waals surface area contributed by atoms with Gasteiger partial charge >= 0.3 is 0 Å². The lowest BCUT2D eigenvalue weighted by molar-refractivity contribution is 0.654. The minimum atomic E-state index is 0.501. The molecule has 0 fully saturated rings. The van der Waals surface area contributed by atoms with Crippen LogP contribution in [-0.2, 0) is 13.0 Å². The summed E-state index contributed by atoms with van der Waals surface area (Å²) >= 11 is 0. The predicted molar refractivity (Wildman–Crippen MR) is 66.1 cm³/mol. The molecule has 2 aromatic heterocycles. The Hall–Kier alpha value is -2.01. The number of nitrogen functional groups attached to an aromatic ring is 1. The van der Waals surface area contributed by atoms with Crippen LogP contribution in [0, 0.1) is 0 Å². The Labute approximate surface area is 100 Å². The summed E-state index contributed by atoms with van der Waals surface area (Å²) in [5.41, 5.74) is 6.64. The molecule has 0 amide bonds. The minimum absolute atomic E-state index is 0.501. The van der Waals surface area contributed by atoms with E-state index in [1.54, 1.807) is 18.5 Å². The average Bonchev–Trinajstić information content (AvgIpc) is 2.36. The van der Waals surface area contributed by atoms with Crippen LogP contribution in [0.1, 0.15) is 11.5 Å². The largest absolute Gasteiger partial charge is 0.384 e. The molecule has 0 radical (unpaired) electrons. The van der Waals surface area contributed by atoms with Crippen molar-refractivity contribution in [2.75, 3.05) is 12.3 Å². The van der Waals surface area contributed by atoms with Crippen molar-refractivity contribution in [3.63, 3.8) is 0 Å². The standard InChI is InChI=1S/C12H15N5/c13-11-5-8-16-12(17-11)9-14-7-4-10-3-1-2-6-15-10/h1-3,5-6,8,14H,4,7,9H2,(H2,13,16,17). The summed E-state index contributed by atoms with van der Waals surface area (Å²) in [6, 6.07) is 7.59. The molecule has 2 heterocycles. The summed E-state index contributed by atoms with van der Waals surface area (Å²) in [6.45, 7) is 1.47. The number of nitrogens with two attached hydrogens (primary N) is 1. The Morgan fingerprint density at radius 1 is 1.12 bits per heavy atom. The van der Waals surface area contributed by atoms with Gasteiger partial charge in [0.15, 0.2) is 0 Å². The van der Waals surface area contributed by atoms with Crippen molar-refractivity contribution >= 4 is 5.82 Å². The van der Waals surface area contributed by atoms with Gasteiger partial charge in [-0.1, -0.05) is 6.07 Å². The van der Waals surface area contributed by atoms with Gasteiger partial charge in [0.05, 0.1) is 6.54 Å². The molecule has 0 saturated carbocycles. The van der Waals surface area contributed by atoms with Gasteiger partial charge in [0.2, 0.25) is 0 Å². The highest BCUT2D eigenvalue weighted by atomic mass is 15.0. The molecule has 0 aromatic carbocycles. The molecule has 5 heteroatoms. The summed E-state index contributed by atoms with van der Waals surface area (Å²) in [5, 5.41) is 3.26. The zero-order valence-corrected chi connectivity index (χ0v) is 9.50. The molecular weight excluding hydrogens is 214 g/mol. The van der Waals surface area contributed by atoms with Crippen LogP contribution < -0.4 is 11.1 Å². The van der Waals surface area contributed by atoms with Gasteiger partial charge in [-0.3, -0.25) is 4.98 Å². The lowest BCUT2D eigenvalue weighted by Crippen LogP contribution is -2.18. The molecule has 0 aliphatic carbocycles. The minimum Gasteiger partial charge on any atom is -0.384 e. The first-order chi connectivity index (χ1) is 8.34. The quantitative estimate of drug-likeness (QED) is 0.741. The fourth-order valence-corrected chi connectivity index (χ4v) is 1.46. The van der Waals surface area contributed by atoms with Gasteiger partial charge < -0.3 is 11.1 Å². The third-order valence-electron chi connectivity index (χ3n) is 2.29. The molecule has 0 unspecified atom stereocenters. The van der Waals surface area contributed by atoms with Crippen LogP contribution in [-0.4, -0.2) is 21.5 Å². The van der Waals surface area contributed by atoms with E-state index in [1.165, 1.54) is 0 Å². The highest BCUT2D eigenvalue weighted by Gasteiger charge is 1.97. The maximum absolute atomic E-state index is 5.57. The first-order valence-corrected chi connectivity index (χ1v) is 5.52. The molecule has 0 spiro atoms. The van der Waals surface area contributed by atoms with Gasteiger partial charge in [0, 0.05) is 31.1 Å². The molecule has 0 aliphatic heterocycles. The topological polar surface area (TPSA) is 76.7 Å². The van der Waals surface area contributed by atoms with Crippen molar-refractivity contribution in [3.8, 4) is 0 Å². The van der Waals surface area contributed by atoms with Crippen molar-refractivity contribution in [1.29, 1.82) is 0 Å². The number of pyridine rings is 1. The number of hydrogen-bond donors (Lipinski definition) is 2. The van der Waals surface area contributed by atoms with Gasteiger partial charge in [-0.25, -0.2) is 9.97 Å². The Morgan fingerprint density at radius 2 is 2.06 bits per heavy atom. The molecule has 5 nitrogen and oxygen atoms in total. The monoisotopic (exact) mass is 229 g/mol. The molecule has 2 rings (SSSR count). The lowest BCUT2D eigenvalue weighted by atomic mass is 10.3. The lowest BCUT2D eigenvalue weighted by Gasteiger charge is -2.03. The number of anilines is 1. The van der Waals surface area contributed by atoms with E-state index in [0.29, 0.717) is 18.2 Å². The number of rotatable bonds is 5. The van der Waals surface area contributed by atoms with E-state index >= 15 is 0 Å². The summed E-state index contributed by atoms with van der Waals surface area (Å²) in [5.74, 6) is 1.22. The maximum Gasteiger partial charge on any atom is 0.144 e. The van der Waals surface area contributed by atoms with Crippen LogP contribution in [0.4, 0.5) is 5.82 Å². The van der Waals surface area contributed by atoms with E-state index in [0.717, 1.165) is 18.7 Å². The van der Waals surface area contributed by atoms with Crippen molar-refractivity contribution in [2.45, 2.75) is 13.0 Å². The number of nitrogens with zero attached hydrogens (tertiary/aromatic N) is 3. The maximum atomic E-state index is 5.57. The van der Waals surface area contributed by atoms with E-state index < -0.39 is 0 Å². The summed E-state index contributed by atoms with van der Waals surface area (Å²) in [7, 11) is 0. The van der Waals surface area contributed by atoms with Gasteiger partial charge in [-0.2, -0.15) is 0 Å². The van der Waals surface area contributed by atoms with E-state index in [9.17, 15) is 0 Å². The first-order valence-electron chi connectivity index (χ1n) is 5.52. The molecule has 88 valence electrons. The smallest absolute Gasteiger partial charge is 0.144 e.